The Morgan fingerprint density at radius 1 is 1.37 bits per heavy atom. The number of benzene rings is 1. The van der Waals surface area contributed by atoms with Gasteiger partial charge in [0.1, 0.15) is 6.10 Å². The third-order valence-corrected chi connectivity index (χ3v) is 3.47. The highest BCUT2D eigenvalue weighted by Gasteiger charge is 2.48. The molecule has 0 aromatic heterocycles. The van der Waals surface area contributed by atoms with Crippen molar-refractivity contribution in [2.24, 2.45) is 5.41 Å². The van der Waals surface area contributed by atoms with Gasteiger partial charge in [-0.05, 0) is 0 Å². The maximum atomic E-state index is 12.4. The Morgan fingerprint density at radius 3 is 2.47 bits per heavy atom. The summed E-state index contributed by atoms with van der Waals surface area (Å²) < 4.78 is 10.6. The molecule has 2 atom stereocenters. The average molecular weight is 262 g/mol. The Labute approximate surface area is 112 Å². The molecule has 0 aliphatic carbocycles. The molecule has 1 aromatic carbocycles. The van der Waals surface area contributed by atoms with Gasteiger partial charge in [0.15, 0.2) is 11.9 Å². The van der Waals surface area contributed by atoms with Gasteiger partial charge in [0, 0.05) is 18.1 Å². The maximum Gasteiger partial charge on any atom is 0.306 e. The number of methoxy groups -OCH3 is 1. The summed E-state index contributed by atoms with van der Waals surface area (Å²) in [6.07, 6.45) is -0.999. The molecule has 1 fully saturated rings. The maximum absolute atomic E-state index is 12.4. The van der Waals surface area contributed by atoms with Crippen LogP contribution in [0.1, 0.15) is 30.6 Å². The molecule has 2 unspecified atom stereocenters. The van der Waals surface area contributed by atoms with Crippen molar-refractivity contribution in [2.45, 2.75) is 32.5 Å². The van der Waals surface area contributed by atoms with E-state index in [1.165, 1.54) is 7.11 Å². The molecule has 0 N–H and O–H groups in total. The molecule has 102 valence electrons. The molecule has 4 heteroatoms. The molecule has 1 aliphatic heterocycles. The van der Waals surface area contributed by atoms with E-state index in [9.17, 15) is 9.59 Å². The minimum Gasteiger partial charge on any atom is -0.458 e. The van der Waals surface area contributed by atoms with Gasteiger partial charge in [-0.1, -0.05) is 44.2 Å². The molecule has 0 radical (unpaired) electrons. The lowest BCUT2D eigenvalue weighted by molar-refractivity contribution is -0.145. The lowest BCUT2D eigenvalue weighted by atomic mass is 9.81. The molecule has 4 nitrogen and oxygen atoms in total. The molecule has 19 heavy (non-hydrogen) atoms. The van der Waals surface area contributed by atoms with Gasteiger partial charge in [-0.25, -0.2) is 0 Å². The zero-order valence-electron chi connectivity index (χ0n) is 11.4. The third-order valence-electron chi connectivity index (χ3n) is 3.47. The van der Waals surface area contributed by atoms with E-state index in [0.717, 1.165) is 0 Å². The quantitative estimate of drug-likeness (QED) is 0.616. The Bertz CT molecular complexity index is 478. The van der Waals surface area contributed by atoms with E-state index < -0.39 is 17.6 Å². The second kappa shape index (κ2) is 5.13. The highest BCUT2D eigenvalue weighted by Crippen LogP contribution is 2.38. The molecular formula is C15H18O4. The van der Waals surface area contributed by atoms with Crippen LogP contribution in [0.4, 0.5) is 0 Å². The number of hydrogen-bond acceptors (Lipinski definition) is 4. The molecule has 2 rings (SSSR count). The third kappa shape index (κ3) is 2.68. The summed E-state index contributed by atoms with van der Waals surface area (Å²) >= 11 is 0. The smallest absolute Gasteiger partial charge is 0.306 e. The number of cyclic esters (lactones) is 1. The predicted molar refractivity (Wildman–Crippen MR) is 69.8 cm³/mol. The fraction of sp³-hybridized carbons (Fsp3) is 0.467. The summed E-state index contributed by atoms with van der Waals surface area (Å²) in [5, 5.41) is 0. The molecule has 1 saturated heterocycles. The molecular weight excluding hydrogens is 244 g/mol. The summed E-state index contributed by atoms with van der Waals surface area (Å²) in [6.45, 7) is 3.82. The number of ketones is 1. The molecule has 0 spiro atoms. The molecule has 0 saturated carbocycles. The summed E-state index contributed by atoms with van der Waals surface area (Å²) in [5.74, 6) is -0.436. The average Bonchev–Trinajstić information content (AvgIpc) is 2.65. The van der Waals surface area contributed by atoms with E-state index in [-0.39, 0.29) is 11.8 Å². The minimum atomic E-state index is -0.760. The van der Waals surface area contributed by atoms with Gasteiger partial charge in [-0.15, -0.1) is 0 Å². The van der Waals surface area contributed by atoms with Crippen LogP contribution in [0, 0.1) is 5.41 Å². The van der Waals surface area contributed by atoms with E-state index >= 15 is 0 Å². The van der Waals surface area contributed by atoms with Crippen LogP contribution in [0.3, 0.4) is 0 Å². The van der Waals surface area contributed by atoms with Crippen LogP contribution in [0.15, 0.2) is 30.3 Å². The Morgan fingerprint density at radius 2 is 2.00 bits per heavy atom. The Hall–Kier alpha value is -1.68. The van der Waals surface area contributed by atoms with E-state index in [1.54, 1.807) is 24.3 Å². The normalized spacial score (nSPS) is 22.9. The molecule has 1 aromatic rings. The fourth-order valence-electron chi connectivity index (χ4n) is 2.42. The second-order valence-electron chi connectivity index (χ2n) is 5.46. The van der Waals surface area contributed by atoms with Crippen LogP contribution >= 0.6 is 0 Å². The van der Waals surface area contributed by atoms with Crippen LogP contribution in [-0.2, 0) is 14.3 Å². The molecule has 1 aliphatic rings. The van der Waals surface area contributed by atoms with Crippen LogP contribution in [0.25, 0.3) is 0 Å². The summed E-state index contributed by atoms with van der Waals surface area (Å²) in [6, 6.07) is 8.91. The van der Waals surface area contributed by atoms with Crippen molar-refractivity contribution < 1.29 is 19.1 Å². The van der Waals surface area contributed by atoms with Crippen LogP contribution < -0.4 is 0 Å². The highest BCUT2D eigenvalue weighted by atomic mass is 16.6. The summed E-state index contributed by atoms with van der Waals surface area (Å²) in [7, 11) is 1.47. The van der Waals surface area contributed by atoms with Crippen molar-refractivity contribution in [1.82, 2.24) is 0 Å². The summed E-state index contributed by atoms with van der Waals surface area (Å²) in [4.78, 5) is 23.9. The number of Topliss-reactive ketones (excluding diaryl/α,β-unsaturated/α-hetero) is 1. The number of esters is 1. The van der Waals surface area contributed by atoms with Crippen LogP contribution in [-0.4, -0.2) is 31.1 Å². The molecule has 0 bridgehead atoms. The Balaban J connectivity index is 2.26. The predicted octanol–water partition coefficient (Wildman–Crippen LogP) is 2.23. The monoisotopic (exact) mass is 262 g/mol. The van der Waals surface area contributed by atoms with E-state index in [1.807, 2.05) is 19.9 Å². The fourth-order valence-corrected chi connectivity index (χ4v) is 2.42. The zero-order valence-corrected chi connectivity index (χ0v) is 11.4. The standard InChI is InChI=1S/C15H18O4/c1-15(2)9-11(16)19-14(15)13(18-3)12(17)10-7-5-4-6-8-10/h4-8,13-14H,9H2,1-3H3. The van der Waals surface area contributed by atoms with Crippen molar-refractivity contribution in [3.8, 4) is 0 Å². The first-order valence-corrected chi connectivity index (χ1v) is 6.27. The Kier molecular flexibility index (Phi) is 3.71. The summed E-state index contributed by atoms with van der Waals surface area (Å²) in [5.41, 5.74) is 0.162. The lowest BCUT2D eigenvalue weighted by Gasteiger charge is -2.29. The van der Waals surface area contributed by atoms with Gasteiger partial charge in [-0.3, -0.25) is 9.59 Å². The lowest BCUT2D eigenvalue weighted by Crippen LogP contribution is -2.43. The van der Waals surface area contributed by atoms with Crippen molar-refractivity contribution >= 4 is 11.8 Å². The van der Waals surface area contributed by atoms with Gasteiger partial charge in [0.2, 0.25) is 0 Å². The van der Waals surface area contributed by atoms with Crippen molar-refractivity contribution in [2.75, 3.05) is 7.11 Å². The van der Waals surface area contributed by atoms with E-state index in [2.05, 4.69) is 0 Å². The first-order chi connectivity index (χ1) is 8.95. The number of hydrogen-bond donors (Lipinski definition) is 0. The van der Waals surface area contributed by atoms with Crippen LogP contribution in [0.5, 0.6) is 0 Å². The van der Waals surface area contributed by atoms with Gasteiger partial charge < -0.3 is 9.47 Å². The van der Waals surface area contributed by atoms with E-state index in [0.29, 0.717) is 12.0 Å². The molecule has 1 heterocycles. The topological polar surface area (TPSA) is 52.6 Å². The van der Waals surface area contributed by atoms with Gasteiger partial charge in [0.05, 0.1) is 6.42 Å². The first kappa shape index (κ1) is 13.7. The van der Waals surface area contributed by atoms with Crippen LogP contribution in [0.2, 0.25) is 0 Å². The van der Waals surface area contributed by atoms with Gasteiger partial charge in [0.25, 0.3) is 0 Å². The zero-order chi connectivity index (χ0) is 14.0. The second-order valence-corrected chi connectivity index (χ2v) is 5.46. The number of rotatable bonds is 4. The first-order valence-electron chi connectivity index (χ1n) is 6.27. The number of ether oxygens (including phenoxy) is 2. The molecule has 0 amide bonds. The van der Waals surface area contributed by atoms with Gasteiger partial charge >= 0.3 is 5.97 Å². The van der Waals surface area contributed by atoms with Crippen molar-refractivity contribution in [3.63, 3.8) is 0 Å². The SMILES string of the molecule is COC(C(=O)c1ccccc1)C1OC(=O)CC1(C)C. The van der Waals surface area contributed by atoms with Crippen molar-refractivity contribution in [1.29, 1.82) is 0 Å². The van der Waals surface area contributed by atoms with E-state index in [4.69, 9.17) is 9.47 Å². The number of carbonyl (C=O) groups is 2. The number of carbonyl (C=O) groups excluding carboxylic acids is 2. The van der Waals surface area contributed by atoms with Gasteiger partial charge in [-0.2, -0.15) is 0 Å². The largest absolute Gasteiger partial charge is 0.458 e. The minimum absolute atomic E-state index is 0.157. The van der Waals surface area contributed by atoms with Crippen molar-refractivity contribution in [3.05, 3.63) is 35.9 Å². The highest BCUT2D eigenvalue weighted by molar-refractivity contribution is 6.00.